The van der Waals surface area contributed by atoms with Gasteiger partial charge < -0.3 is 11.1 Å². The van der Waals surface area contributed by atoms with Crippen molar-refractivity contribution in [1.29, 1.82) is 0 Å². The molecule has 0 atom stereocenters. The van der Waals surface area contributed by atoms with Crippen molar-refractivity contribution in [1.82, 2.24) is 15.3 Å². The molecule has 0 fully saturated rings. The zero-order chi connectivity index (χ0) is 20.4. The molecule has 0 aliphatic carbocycles. The average Bonchev–Trinajstić information content (AvgIpc) is 2.75. The lowest BCUT2D eigenvalue weighted by molar-refractivity contribution is 0.0950. The fraction of sp³-hybridized carbons (Fsp3) is 0.261. The van der Waals surface area contributed by atoms with E-state index >= 15 is 0 Å². The second kappa shape index (κ2) is 10.8. The van der Waals surface area contributed by atoms with Gasteiger partial charge in [-0.05, 0) is 47.2 Å². The highest BCUT2D eigenvalue weighted by Crippen LogP contribution is 2.12. The van der Waals surface area contributed by atoms with Crippen LogP contribution in [0.4, 0.5) is 5.82 Å². The monoisotopic (exact) mass is 376 g/mol. The van der Waals surface area contributed by atoms with E-state index in [0.29, 0.717) is 17.9 Å². The number of hydrogen-bond donors (Lipinski definition) is 2. The third kappa shape index (κ3) is 6.20. The molecule has 28 heavy (non-hydrogen) atoms. The van der Waals surface area contributed by atoms with Gasteiger partial charge in [0.25, 0.3) is 5.91 Å². The van der Waals surface area contributed by atoms with E-state index in [1.54, 1.807) is 24.7 Å². The van der Waals surface area contributed by atoms with Crippen LogP contribution in [-0.4, -0.2) is 15.9 Å². The van der Waals surface area contributed by atoms with Gasteiger partial charge in [-0.2, -0.15) is 0 Å². The van der Waals surface area contributed by atoms with Crippen molar-refractivity contribution in [3.63, 3.8) is 0 Å². The Hall–Kier alpha value is -3.21. The van der Waals surface area contributed by atoms with Crippen LogP contribution in [0.5, 0.6) is 0 Å². The molecule has 0 aliphatic rings. The molecule has 0 bridgehead atoms. The number of anilines is 1. The molecule has 0 saturated heterocycles. The van der Waals surface area contributed by atoms with Crippen molar-refractivity contribution in [2.75, 3.05) is 5.73 Å². The summed E-state index contributed by atoms with van der Waals surface area (Å²) < 4.78 is 0. The summed E-state index contributed by atoms with van der Waals surface area (Å²) in [5, 5.41) is 2.88. The van der Waals surface area contributed by atoms with Gasteiger partial charge >= 0.3 is 0 Å². The molecule has 0 saturated carbocycles. The summed E-state index contributed by atoms with van der Waals surface area (Å²) in [5.74, 6) is 0.307. The Balaban J connectivity index is 0.00000136. The van der Waals surface area contributed by atoms with Crippen LogP contribution in [0.1, 0.15) is 53.4 Å². The van der Waals surface area contributed by atoms with E-state index in [0.717, 1.165) is 24.0 Å². The van der Waals surface area contributed by atoms with Gasteiger partial charge in [0.15, 0.2) is 0 Å². The fourth-order valence-electron chi connectivity index (χ4n) is 2.66. The SMILES string of the molecule is CC.CCc1ccc(Cc2cncc(C(=O)NCc3ccc(N)nc3)c2)cc1. The molecule has 0 spiro atoms. The van der Waals surface area contributed by atoms with Gasteiger partial charge in [-0.15, -0.1) is 0 Å². The molecular weight excluding hydrogens is 348 g/mol. The molecule has 1 amide bonds. The van der Waals surface area contributed by atoms with Crippen LogP contribution in [0.2, 0.25) is 0 Å². The molecule has 3 N–H and O–H groups in total. The number of nitrogen functional groups attached to an aromatic ring is 1. The van der Waals surface area contributed by atoms with Crippen LogP contribution in [0.25, 0.3) is 0 Å². The van der Waals surface area contributed by atoms with Crippen LogP contribution in [0, 0.1) is 0 Å². The molecule has 3 rings (SSSR count). The maximum absolute atomic E-state index is 12.4. The van der Waals surface area contributed by atoms with Crippen LogP contribution < -0.4 is 11.1 Å². The van der Waals surface area contributed by atoms with Gasteiger partial charge in [-0.25, -0.2) is 4.98 Å². The van der Waals surface area contributed by atoms with Crippen LogP contribution in [0.15, 0.2) is 61.1 Å². The standard InChI is InChI=1S/C21H22N4O.C2H6/c1-2-15-3-5-16(6-4-15)9-18-10-19(14-23-11-18)21(26)25-13-17-7-8-20(22)24-12-17;1-2/h3-8,10-12,14H,2,9,13H2,1H3,(H2,22,24)(H,25,26);1-2H3. The van der Waals surface area contributed by atoms with Gasteiger partial charge in [-0.3, -0.25) is 9.78 Å². The van der Waals surface area contributed by atoms with Gasteiger partial charge in [0, 0.05) is 25.1 Å². The smallest absolute Gasteiger partial charge is 0.253 e. The topological polar surface area (TPSA) is 80.9 Å². The van der Waals surface area contributed by atoms with Gasteiger partial charge in [-0.1, -0.05) is 51.1 Å². The summed E-state index contributed by atoms with van der Waals surface area (Å²) >= 11 is 0. The number of carbonyl (C=O) groups excluding carboxylic acids is 1. The van der Waals surface area contributed by atoms with Crippen molar-refractivity contribution in [2.45, 2.75) is 40.2 Å². The normalized spacial score (nSPS) is 9.96. The number of aryl methyl sites for hydroxylation is 1. The highest BCUT2D eigenvalue weighted by Gasteiger charge is 2.08. The highest BCUT2D eigenvalue weighted by molar-refractivity contribution is 5.94. The Labute approximate surface area is 167 Å². The average molecular weight is 377 g/mol. The molecule has 0 unspecified atom stereocenters. The minimum atomic E-state index is -0.155. The molecule has 2 aromatic heterocycles. The third-order valence-corrected chi connectivity index (χ3v) is 4.20. The molecule has 5 nitrogen and oxygen atoms in total. The number of nitrogens with zero attached hydrogens (tertiary/aromatic N) is 2. The van der Waals surface area contributed by atoms with Crippen molar-refractivity contribution < 1.29 is 4.79 Å². The first-order chi connectivity index (χ1) is 13.6. The van der Waals surface area contributed by atoms with E-state index < -0.39 is 0 Å². The van der Waals surface area contributed by atoms with Crippen LogP contribution in [-0.2, 0) is 19.4 Å². The van der Waals surface area contributed by atoms with Crippen molar-refractivity contribution in [3.05, 3.63) is 88.9 Å². The maximum atomic E-state index is 12.4. The second-order valence-electron chi connectivity index (χ2n) is 6.20. The first kappa shape index (κ1) is 21.1. The molecule has 146 valence electrons. The van der Waals surface area contributed by atoms with E-state index in [1.807, 2.05) is 26.0 Å². The summed E-state index contributed by atoms with van der Waals surface area (Å²) in [6.07, 6.45) is 6.82. The van der Waals surface area contributed by atoms with Crippen molar-refractivity contribution >= 4 is 11.7 Å². The largest absolute Gasteiger partial charge is 0.384 e. The summed E-state index contributed by atoms with van der Waals surface area (Å²) in [6.45, 7) is 6.54. The summed E-state index contributed by atoms with van der Waals surface area (Å²) in [7, 11) is 0. The summed E-state index contributed by atoms with van der Waals surface area (Å²) in [5.41, 5.74) is 10.5. The molecule has 5 heteroatoms. The van der Waals surface area contributed by atoms with Gasteiger partial charge in [0.2, 0.25) is 0 Å². The van der Waals surface area contributed by atoms with Crippen molar-refractivity contribution in [2.24, 2.45) is 0 Å². The number of aromatic nitrogens is 2. The minimum absolute atomic E-state index is 0.155. The lowest BCUT2D eigenvalue weighted by atomic mass is 10.0. The number of rotatable bonds is 6. The molecule has 0 aliphatic heterocycles. The van der Waals surface area contributed by atoms with E-state index in [-0.39, 0.29) is 5.91 Å². The Bertz CT molecular complexity index is 874. The van der Waals surface area contributed by atoms with Crippen LogP contribution in [0.3, 0.4) is 0 Å². The first-order valence-corrected chi connectivity index (χ1v) is 9.64. The van der Waals surface area contributed by atoms with Crippen LogP contribution >= 0.6 is 0 Å². The number of hydrogen-bond acceptors (Lipinski definition) is 4. The Morgan fingerprint density at radius 1 is 0.929 bits per heavy atom. The quantitative estimate of drug-likeness (QED) is 0.677. The number of nitrogens with two attached hydrogens (primary N) is 1. The van der Waals surface area contributed by atoms with E-state index in [1.165, 1.54) is 11.1 Å². The number of benzene rings is 1. The molecule has 2 heterocycles. The first-order valence-electron chi connectivity index (χ1n) is 9.64. The maximum Gasteiger partial charge on any atom is 0.253 e. The number of carbonyl (C=O) groups is 1. The zero-order valence-electron chi connectivity index (χ0n) is 16.8. The predicted octanol–water partition coefficient (Wildman–Crippen LogP) is 4.17. The fourth-order valence-corrected chi connectivity index (χ4v) is 2.66. The Morgan fingerprint density at radius 3 is 2.25 bits per heavy atom. The number of amides is 1. The van der Waals surface area contributed by atoms with E-state index in [4.69, 9.17) is 5.73 Å². The third-order valence-electron chi connectivity index (χ3n) is 4.20. The number of nitrogens with one attached hydrogen (secondary N) is 1. The van der Waals surface area contributed by atoms with Gasteiger partial charge in [0.1, 0.15) is 5.82 Å². The molecule has 3 aromatic rings. The van der Waals surface area contributed by atoms with E-state index in [9.17, 15) is 4.79 Å². The molecule has 1 aromatic carbocycles. The Morgan fingerprint density at radius 2 is 1.61 bits per heavy atom. The van der Waals surface area contributed by atoms with Gasteiger partial charge in [0.05, 0.1) is 5.56 Å². The Kier molecular flexibility index (Phi) is 8.15. The summed E-state index contributed by atoms with van der Waals surface area (Å²) in [4.78, 5) is 20.6. The second-order valence-corrected chi connectivity index (χ2v) is 6.20. The molecular formula is C23H28N4O. The van der Waals surface area contributed by atoms with E-state index in [2.05, 4.69) is 46.5 Å². The summed E-state index contributed by atoms with van der Waals surface area (Å²) in [6, 6.07) is 14.0. The minimum Gasteiger partial charge on any atom is -0.384 e. The predicted molar refractivity (Wildman–Crippen MR) is 114 cm³/mol. The van der Waals surface area contributed by atoms with Crippen molar-refractivity contribution in [3.8, 4) is 0 Å². The zero-order valence-corrected chi connectivity index (χ0v) is 16.8. The molecule has 0 radical (unpaired) electrons. The lowest BCUT2D eigenvalue weighted by Crippen LogP contribution is -2.23. The number of pyridine rings is 2. The lowest BCUT2D eigenvalue weighted by Gasteiger charge is -2.07. The highest BCUT2D eigenvalue weighted by atomic mass is 16.1.